The van der Waals surface area contributed by atoms with E-state index in [-0.39, 0.29) is 14.5 Å². The zero-order valence-electron chi connectivity index (χ0n) is 25.2. The Bertz CT molecular complexity index is 2500. The monoisotopic (exact) mass is 666 g/mol. The summed E-state index contributed by atoms with van der Waals surface area (Å²) in [6.45, 7) is 0. The third kappa shape index (κ3) is 5.12. The molecule has 2 heterocycles. The van der Waals surface area contributed by atoms with Gasteiger partial charge in [0.1, 0.15) is 0 Å². The molecule has 0 N–H and O–H groups in total. The van der Waals surface area contributed by atoms with Crippen LogP contribution in [0, 0.1) is 0 Å². The van der Waals surface area contributed by atoms with Crippen molar-refractivity contribution in [1.82, 2.24) is 19.9 Å². The van der Waals surface area contributed by atoms with Crippen LogP contribution in [0.3, 0.4) is 0 Å². The molecule has 7 aromatic carbocycles. The molecule has 9 rings (SSSR count). The van der Waals surface area contributed by atoms with Gasteiger partial charge in [-0.3, -0.25) is 0 Å². The van der Waals surface area contributed by atoms with E-state index in [4.69, 9.17) is 19.9 Å². The molecule has 0 radical (unpaired) electrons. The molecule has 4 nitrogen and oxygen atoms in total. The molecular formula is C42H26N4Se. The first-order valence-corrected chi connectivity index (χ1v) is 17.3. The van der Waals surface area contributed by atoms with Crippen LogP contribution in [0.15, 0.2) is 158 Å². The van der Waals surface area contributed by atoms with Crippen LogP contribution in [0.4, 0.5) is 0 Å². The summed E-state index contributed by atoms with van der Waals surface area (Å²) < 4.78 is 2.55. The smallest absolute Gasteiger partial charge is 0.0512 e. The SMILES string of the molecule is c1ccc(-c2nc(-c3ccccc3)nc(-c3cccc4cc(-c5ccc6ccc7nc(-c8ccccc8)[se]c7c6c5)ccc34)n2)cc1. The first-order valence-electron chi connectivity index (χ1n) is 15.6. The Morgan fingerprint density at radius 1 is 0.362 bits per heavy atom. The molecule has 0 spiro atoms. The van der Waals surface area contributed by atoms with Crippen molar-refractivity contribution in [2.75, 3.05) is 0 Å². The predicted octanol–water partition coefficient (Wildman–Crippen LogP) is 10.1. The van der Waals surface area contributed by atoms with E-state index in [9.17, 15) is 0 Å². The van der Waals surface area contributed by atoms with Gasteiger partial charge in [0, 0.05) is 11.1 Å². The fourth-order valence-corrected chi connectivity index (χ4v) is 8.48. The Morgan fingerprint density at radius 3 is 1.66 bits per heavy atom. The second-order valence-electron chi connectivity index (χ2n) is 11.5. The summed E-state index contributed by atoms with van der Waals surface area (Å²) in [7, 11) is 0. The molecule has 9 aromatic rings. The molecular weight excluding hydrogens is 639 g/mol. The summed E-state index contributed by atoms with van der Waals surface area (Å²) in [6.07, 6.45) is 0. The standard InChI is InChI=1S/C42H26N4Se/c1-4-11-28(12-5-1)39-44-40(29-13-6-2-7-14-29)46-41(45-39)35-18-10-17-33-25-31(21-23-34(33)35)32-20-19-27-22-24-37-38(36(27)26-32)47-42(43-37)30-15-8-3-9-16-30/h1-26H. The molecule has 0 bridgehead atoms. The second-order valence-corrected chi connectivity index (χ2v) is 13.6. The number of aromatic nitrogens is 4. The molecule has 0 unspecified atom stereocenters. The Balaban J connectivity index is 1.15. The van der Waals surface area contributed by atoms with E-state index in [1.165, 1.54) is 36.3 Å². The average molecular weight is 666 g/mol. The van der Waals surface area contributed by atoms with Gasteiger partial charge < -0.3 is 0 Å². The summed E-state index contributed by atoms with van der Waals surface area (Å²) in [6, 6.07) is 55.0. The van der Waals surface area contributed by atoms with Crippen molar-refractivity contribution in [3.8, 4) is 55.4 Å². The van der Waals surface area contributed by atoms with Crippen molar-refractivity contribution < 1.29 is 0 Å². The number of hydrogen-bond acceptors (Lipinski definition) is 4. The minimum atomic E-state index is 0.148. The van der Waals surface area contributed by atoms with Gasteiger partial charge in [-0.05, 0) is 0 Å². The van der Waals surface area contributed by atoms with Crippen LogP contribution >= 0.6 is 0 Å². The van der Waals surface area contributed by atoms with Gasteiger partial charge in [-0.1, -0.05) is 60.7 Å². The van der Waals surface area contributed by atoms with Crippen LogP contribution in [0.1, 0.15) is 0 Å². The molecule has 2 aromatic heterocycles. The Hall–Kier alpha value is -5.74. The molecule has 0 fully saturated rings. The van der Waals surface area contributed by atoms with E-state index in [1.807, 2.05) is 60.7 Å². The number of hydrogen-bond donors (Lipinski definition) is 0. The first kappa shape index (κ1) is 27.6. The van der Waals surface area contributed by atoms with Gasteiger partial charge in [-0.25, -0.2) is 4.98 Å². The normalized spacial score (nSPS) is 11.4. The van der Waals surface area contributed by atoms with Gasteiger partial charge in [0.2, 0.25) is 0 Å². The van der Waals surface area contributed by atoms with Crippen molar-refractivity contribution in [2.24, 2.45) is 0 Å². The van der Waals surface area contributed by atoms with Gasteiger partial charge in [0.15, 0.2) is 0 Å². The van der Waals surface area contributed by atoms with Crippen LogP contribution in [0.25, 0.3) is 86.7 Å². The van der Waals surface area contributed by atoms with Gasteiger partial charge in [-0.2, -0.15) is 0 Å². The van der Waals surface area contributed by atoms with E-state index in [1.54, 1.807) is 0 Å². The summed E-state index contributed by atoms with van der Waals surface area (Å²) >= 11 is 0.148. The largest absolute Gasteiger partial charge is 0.0615 e. The second kappa shape index (κ2) is 11.6. The fraction of sp³-hybridized carbons (Fsp3) is 0. The number of fused-ring (bicyclic) bond motifs is 4. The number of rotatable bonds is 5. The van der Waals surface area contributed by atoms with Crippen molar-refractivity contribution in [3.63, 3.8) is 0 Å². The molecule has 0 aliphatic carbocycles. The molecule has 5 heteroatoms. The van der Waals surface area contributed by atoms with E-state index in [0.717, 1.165) is 33.0 Å². The van der Waals surface area contributed by atoms with E-state index >= 15 is 0 Å². The van der Waals surface area contributed by atoms with Crippen LogP contribution < -0.4 is 0 Å². The number of nitrogens with zero attached hydrogens (tertiary/aromatic N) is 4. The Labute approximate surface area is 277 Å². The molecule has 0 saturated heterocycles. The predicted molar refractivity (Wildman–Crippen MR) is 194 cm³/mol. The maximum atomic E-state index is 5.03. The minimum Gasteiger partial charge on any atom is -0.0615 e. The van der Waals surface area contributed by atoms with Crippen molar-refractivity contribution in [1.29, 1.82) is 0 Å². The molecule has 0 saturated carbocycles. The van der Waals surface area contributed by atoms with E-state index < -0.39 is 0 Å². The van der Waals surface area contributed by atoms with Gasteiger partial charge in [0.25, 0.3) is 0 Å². The third-order valence-corrected chi connectivity index (χ3v) is 11.0. The maximum absolute atomic E-state index is 5.03. The first-order chi connectivity index (χ1) is 23.3. The van der Waals surface area contributed by atoms with Crippen LogP contribution in [-0.4, -0.2) is 34.4 Å². The Kier molecular flexibility index (Phi) is 6.78. The molecule has 0 aliphatic rings. The summed E-state index contributed by atoms with van der Waals surface area (Å²) in [5.41, 5.74) is 7.58. The van der Waals surface area contributed by atoms with Crippen LogP contribution in [-0.2, 0) is 0 Å². The Morgan fingerprint density at radius 2 is 0.957 bits per heavy atom. The molecule has 47 heavy (non-hydrogen) atoms. The van der Waals surface area contributed by atoms with E-state index in [2.05, 4.69) is 97.1 Å². The van der Waals surface area contributed by atoms with Crippen molar-refractivity contribution >= 4 is 45.8 Å². The minimum absolute atomic E-state index is 0.148. The van der Waals surface area contributed by atoms with Gasteiger partial charge >= 0.3 is 202 Å². The number of benzene rings is 7. The molecule has 0 atom stereocenters. The van der Waals surface area contributed by atoms with Crippen molar-refractivity contribution in [3.05, 3.63) is 158 Å². The maximum Gasteiger partial charge on any atom is -0.0512 e. The molecule has 220 valence electrons. The summed E-state index contributed by atoms with van der Waals surface area (Å²) in [5, 5.41) is 4.78. The van der Waals surface area contributed by atoms with Gasteiger partial charge in [0.05, 0.1) is 0 Å². The topological polar surface area (TPSA) is 51.6 Å². The average Bonchev–Trinajstić information content (AvgIpc) is 3.60. The van der Waals surface area contributed by atoms with E-state index in [0.29, 0.717) is 17.5 Å². The summed E-state index contributed by atoms with van der Waals surface area (Å²) in [4.78, 5) is 19.9. The van der Waals surface area contributed by atoms with Crippen LogP contribution in [0.2, 0.25) is 0 Å². The third-order valence-electron chi connectivity index (χ3n) is 8.55. The van der Waals surface area contributed by atoms with Gasteiger partial charge in [-0.15, -0.1) is 0 Å². The molecule has 0 amide bonds. The quantitative estimate of drug-likeness (QED) is 0.172. The van der Waals surface area contributed by atoms with Crippen molar-refractivity contribution in [2.45, 2.75) is 0 Å². The molecule has 0 aliphatic heterocycles. The zero-order chi connectivity index (χ0) is 31.2. The summed E-state index contributed by atoms with van der Waals surface area (Å²) in [5.74, 6) is 1.98. The fourth-order valence-electron chi connectivity index (χ4n) is 6.18. The van der Waals surface area contributed by atoms with Crippen LogP contribution in [0.5, 0.6) is 0 Å². The zero-order valence-corrected chi connectivity index (χ0v) is 26.9.